The number of amides is 2. The second-order valence-corrected chi connectivity index (χ2v) is 5.23. The number of hydrogen-bond donors (Lipinski definition) is 6. The number of aromatic nitrogens is 2. The molecule has 6 N–H and O–H groups in total. The number of nitrogens with one attached hydrogen (secondary N) is 2. The van der Waals surface area contributed by atoms with Crippen LogP contribution in [0.1, 0.15) is 27.2 Å². The van der Waals surface area contributed by atoms with Gasteiger partial charge in [0, 0.05) is 14.1 Å². The Bertz CT molecular complexity index is 617. The molecular weight excluding hydrogens is 324 g/mol. The summed E-state index contributed by atoms with van der Waals surface area (Å²) in [4.78, 5) is 27.9. The highest BCUT2D eigenvalue weighted by Gasteiger charge is 2.45. The van der Waals surface area contributed by atoms with Gasteiger partial charge in [-0.3, -0.25) is 14.2 Å². The zero-order valence-electron chi connectivity index (χ0n) is 13.1. The molecule has 0 unspecified atom stereocenters. The Kier molecular flexibility index (Phi) is 5.51. The van der Waals surface area contributed by atoms with Gasteiger partial charge in [-0.15, -0.1) is 0 Å². The molecule has 0 bridgehead atoms. The molecule has 5 atom stereocenters. The smallest absolute Gasteiger partial charge is 0.272 e. The van der Waals surface area contributed by atoms with Crippen LogP contribution in [0.5, 0.6) is 0 Å². The predicted octanol–water partition coefficient (Wildman–Crippen LogP) is -3.43. The van der Waals surface area contributed by atoms with Crippen LogP contribution in [0.2, 0.25) is 0 Å². The topological polar surface area (TPSA) is 166 Å². The first-order valence-corrected chi connectivity index (χ1v) is 7.18. The van der Waals surface area contributed by atoms with Gasteiger partial charge in [-0.05, 0) is 0 Å². The van der Waals surface area contributed by atoms with Crippen LogP contribution in [-0.4, -0.2) is 86.9 Å². The van der Waals surface area contributed by atoms with Gasteiger partial charge in [-0.1, -0.05) is 0 Å². The minimum atomic E-state index is -1.62. The highest BCUT2D eigenvalue weighted by Crippen LogP contribution is 2.30. The average Bonchev–Trinajstić information content (AvgIpc) is 3.03. The molecule has 1 fully saturated rings. The molecule has 1 aromatic heterocycles. The van der Waals surface area contributed by atoms with E-state index in [0.717, 1.165) is 10.9 Å². The molecule has 0 aromatic carbocycles. The second-order valence-electron chi connectivity index (χ2n) is 5.23. The van der Waals surface area contributed by atoms with Gasteiger partial charge in [0.2, 0.25) is 0 Å². The Morgan fingerprint density at radius 3 is 2.33 bits per heavy atom. The summed E-state index contributed by atoms with van der Waals surface area (Å²) in [5, 5.41) is 43.8. The summed E-state index contributed by atoms with van der Waals surface area (Å²) >= 11 is 0. The van der Waals surface area contributed by atoms with Crippen LogP contribution in [0, 0.1) is 0 Å². The zero-order valence-corrected chi connectivity index (χ0v) is 13.1. The maximum Gasteiger partial charge on any atom is 0.272 e. The number of nitrogens with zero attached hydrogens (tertiary/aromatic N) is 2. The summed E-state index contributed by atoms with van der Waals surface area (Å²) in [5.41, 5.74) is -0.394. The van der Waals surface area contributed by atoms with E-state index >= 15 is 0 Å². The van der Waals surface area contributed by atoms with Gasteiger partial charge < -0.3 is 35.8 Å². The first-order chi connectivity index (χ1) is 11.4. The number of imidazole rings is 1. The van der Waals surface area contributed by atoms with Gasteiger partial charge in [-0.2, -0.15) is 0 Å². The standard InChI is InChI=1S/C13H20N4O7/c1-14-11(22)6-7(12(23)15-2)17(4-16-6)13-10(21)9(20)8(19)5(3-18)24-13/h4-5,8-10,13,18-21H,3H2,1-2H3,(H,14,22)(H,15,23)/t5-,8+,9-,10-,13-/m1/s1. The molecule has 0 spiro atoms. The van der Waals surface area contributed by atoms with Crippen LogP contribution < -0.4 is 10.6 Å². The van der Waals surface area contributed by atoms with Gasteiger partial charge in [-0.25, -0.2) is 4.98 Å². The third-order valence-corrected chi connectivity index (χ3v) is 3.82. The van der Waals surface area contributed by atoms with E-state index in [9.17, 15) is 30.0 Å². The molecule has 0 radical (unpaired) electrons. The maximum absolute atomic E-state index is 12.1. The van der Waals surface area contributed by atoms with Crippen molar-refractivity contribution in [2.75, 3.05) is 20.7 Å². The molecule has 0 saturated carbocycles. The first-order valence-electron chi connectivity index (χ1n) is 7.18. The lowest BCUT2D eigenvalue weighted by molar-refractivity contribution is -0.251. The second kappa shape index (κ2) is 7.23. The summed E-state index contributed by atoms with van der Waals surface area (Å²) in [6.07, 6.45) is -6.16. The van der Waals surface area contributed by atoms with E-state index in [1.807, 2.05) is 0 Å². The molecule has 134 valence electrons. The molecule has 0 aliphatic carbocycles. The highest BCUT2D eigenvalue weighted by atomic mass is 16.6. The SMILES string of the molecule is CNC(=O)c1ncn([C@@H]2O[C@H](CO)[C@H](O)[C@@H](O)[C@H]2O)c1C(=O)NC. The van der Waals surface area contributed by atoms with Crippen molar-refractivity contribution in [3.8, 4) is 0 Å². The van der Waals surface area contributed by atoms with E-state index in [-0.39, 0.29) is 11.4 Å². The lowest BCUT2D eigenvalue weighted by atomic mass is 9.98. The van der Waals surface area contributed by atoms with Crippen molar-refractivity contribution in [3.63, 3.8) is 0 Å². The number of rotatable bonds is 4. The summed E-state index contributed by atoms with van der Waals surface area (Å²) in [5.74, 6) is -1.29. The molecule has 1 aliphatic heterocycles. The minimum Gasteiger partial charge on any atom is -0.394 e. The Balaban J connectivity index is 2.49. The molecular formula is C13H20N4O7. The molecule has 24 heavy (non-hydrogen) atoms. The normalized spacial score (nSPS) is 30.0. The predicted molar refractivity (Wildman–Crippen MR) is 78.0 cm³/mol. The lowest BCUT2D eigenvalue weighted by Crippen LogP contribution is -2.56. The van der Waals surface area contributed by atoms with E-state index in [4.69, 9.17) is 4.74 Å². The van der Waals surface area contributed by atoms with Crippen LogP contribution in [0.25, 0.3) is 0 Å². The van der Waals surface area contributed by atoms with E-state index in [0.29, 0.717) is 0 Å². The fourth-order valence-electron chi connectivity index (χ4n) is 2.49. The van der Waals surface area contributed by atoms with Gasteiger partial charge in [0.25, 0.3) is 11.8 Å². The number of carbonyl (C=O) groups is 2. The van der Waals surface area contributed by atoms with Crippen molar-refractivity contribution < 1.29 is 34.8 Å². The third kappa shape index (κ3) is 2.99. The van der Waals surface area contributed by atoms with Gasteiger partial charge in [0.05, 0.1) is 12.9 Å². The largest absolute Gasteiger partial charge is 0.394 e. The van der Waals surface area contributed by atoms with Crippen molar-refractivity contribution in [2.45, 2.75) is 30.6 Å². The molecule has 1 aliphatic rings. The van der Waals surface area contributed by atoms with Crippen molar-refractivity contribution in [1.29, 1.82) is 0 Å². The number of aliphatic hydroxyl groups is 4. The van der Waals surface area contributed by atoms with E-state index in [2.05, 4.69) is 15.6 Å². The first kappa shape index (κ1) is 18.3. The zero-order chi connectivity index (χ0) is 18.0. The van der Waals surface area contributed by atoms with Crippen LogP contribution in [-0.2, 0) is 4.74 Å². The minimum absolute atomic E-state index is 0.193. The third-order valence-electron chi connectivity index (χ3n) is 3.82. The lowest BCUT2D eigenvalue weighted by Gasteiger charge is -2.40. The molecule has 11 nitrogen and oxygen atoms in total. The Morgan fingerprint density at radius 1 is 1.17 bits per heavy atom. The van der Waals surface area contributed by atoms with Crippen LogP contribution >= 0.6 is 0 Å². The van der Waals surface area contributed by atoms with E-state index < -0.39 is 49.1 Å². The fourth-order valence-corrected chi connectivity index (χ4v) is 2.49. The van der Waals surface area contributed by atoms with Crippen LogP contribution in [0.3, 0.4) is 0 Å². The molecule has 2 heterocycles. The highest BCUT2D eigenvalue weighted by molar-refractivity contribution is 6.04. The monoisotopic (exact) mass is 344 g/mol. The van der Waals surface area contributed by atoms with Crippen LogP contribution in [0.15, 0.2) is 6.33 Å². The van der Waals surface area contributed by atoms with E-state index in [1.54, 1.807) is 0 Å². The Morgan fingerprint density at radius 2 is 1.79 bits per heavy atom. The van der Waals surface area contributed by atoms with Crippen molar-refractivity contribution in [3.05, 3.63) is 17.7 Å². The van der Waals surface area contributed by atoms with Crippen molar-refractivity contribution in [2.24, 2.45) is 0 Å². The number of ether oxygens (including phenoxy) is 1. The summed E-state index contributed by atoms with van der Waals surface area (Å²) in [7, 11) is 2.71. The molecule has 1 aromatic rings. The molecule has 2 amide bonds. The fraction of sp³-hybridized carbons (Fsp3) is 0.615. The number of carbonyl (C=O) groups excluding carboxylic acids is 2. The van der Waals surface area contributed by atoms with Crippen molar-refractivity contribution in [1.82, 2.24) is 20.2 Å². The van der Waals surface area contributed by atoms with Gasteiger partial charge in [0.15, 0.2) is 11.9 Å². The number of aliphatic hydroxyl groups excluding tert-OH is 4. The maximum atomic E-state index is 12.1. The summed E-state index contributed by atoms with van der Waals surface area (Å²) in [6, 6.07) is 0. The number of hydrogen-bond acceptors (Lipinski definition) is 8. The molecule has 2 rings (SSSR count). The quantitative estimate of drug-likeness (QED) is 0.328. The van der Waals surface area contributed by atoms with E-state index in [1.165, 1.54) is 14.1 Å². The Hall–Kier alpha value is -2.05. The van der Waals surface area contributed by atoms with Crippen molar-refractivity contribution >= 4 is 11.8 Å². The van der Waals surface area contributed by atoms with Gasteiger partial charge >= 0.3 is 0 Å². The Labute approximate surface area is 136 Å². The average molecular weight is 344 g/mol. The molecule has 11 heteroatoms. The summed E-state index contributed by atoms with van der Waals surface area (Å²) < 4.78 is 6.46. The van der Waals surface area contributed by atoms with Gasteiger partial charge in [0.1, 0.15) is 30.1 Å². The summed E-state index contributed by atoms with van der Waals surface area (Å²) in [6.45, 7) is -0.617. The van der Waals surface area contributed by atoms with Crippen LogP contribution in [0.4, 0.5) is 0 Å². The molecule has 1 saturated heterocycles.